The highest BCUT2D eigenvalue weighted by molar-refractivity contribution is 7.13. The summed E-state index contributed by atoms with van der Waals surface area (Å²) in [5.41, 5.74) is 1.86. The van der Waals surface area contributed by atoms with Crippen LogP contribution in [0.25, 0.3) is 43.9 Å². The van der Waals surface area contributed by atoms with Crippen LogP contribution in [0, 0.1) is 5.82 Å². The molecule has 0 aliphatic carbocycles. The number of hydrogen-bond acceptors (Lipinski definition) is 7. The first kappa shape index (κ1) is 19.8. The highest BCUT2D eigenvalue weighted by Crippen LogP contribution is 2.38. The lowest BCUT2D eigenvalue weighted by atomic mass is 10.1. The first-order valence-corrected chi connectivity index (χ1v) is 10.5. The fourth-order valence-corrected chi connectivity index (χ4v) is 4.19. The minimum absolute atomic E-state index is 0.0218. The molecule has 10 heteroatoms. The molecule has 5 aromatic rings. The molecule has 2 aromatic carbocycles. The second-order valence-corrected chi connectivity index (χ2v) is 8.08. The molecule has 3 heterocycles. The van der Waals surface area contributed by atoms with Crippen LogP contribution in [-0.4, -0.2) is 38.6 Å². The van der Waals surface area contributed by atoms with Crippen molar-refractivity contribution in [3.05, 3.63) is 52.9 Å². The highest BCUT2D eigenvalue weighted by Gasteiger charge is 2.22. The molecule has 0 saturated carbocycles. The highest BCUT2D eigenvalue weighted by atomic mass is 35.5. The van der Waals surface area contributed by atoms with Crippen molar-refractivity contribution < 1.29 is 13.9 Å². The molecule has 0 amide bonds. The molecule has 0 unspecified atom stereocenters. The van der Waals surface area contributed by atoms with E-state index in [9.17, 15) is 0 Å². The van der Waals surface area contributed by atoms with Crippen LogP contribution in [0.2, 0.25) is 5.02 Å². The third-order valence-electron chi connectivity index (χ3n) is 4.66. The predicted molar refractivity (Wildman–Crippen MR) is 118 cm³/mol. The third-order valence-corrected chi connectivity index (χ3v) is 5.68. The Hall–Kier alpha value is -3.14. The maximum atomic E-state index is 15.4. The number of thiazole rings is 1. The maximum Gasteiger partial charge on any atom is 0.193 e. The van der Waals surface area contributed by atoms with Crippen LogP contribution < -0.4 is 4.74 Å². The Morgan fingerprint density at radius 2 is 2.10 bits per heavy atom. The minimum atomic E-state index is -0.597. The first-order valence-electron chi connectivity index (χ1n) is 9.20. The number of rotatable bonds is 5. The number of nitrogens with zero attached hydrogens (tertiary/aromatic N) is 5. The minimum Gasteiger partial charge on any atom is -0.464 e. The number of aryl methyl sites for hydroxylation is 1. The van der Waals surface area contributed by atoms with E-state index in [1.165, 1.54) is 18.4 Å². The molecule has 0 aliphatic rings. The average Bonchev–Trinajstić information content (AvgIpc) is 3.42. The number of benzene rings is 2. The van der Waals surface area contributed by atoms with Crippen LogP contribution in [0.3, 0.4) is 0 Å². The van der Waals surface area contributed by atoms with Crippen LogP contribution >= 0.6 is 22.9 Å². The Bertz CT molecular complexity index is 1420. The van der Waals surface area contributed by atoms with E-state index in [0.717, 1.165) is 5.39 Å². The van der Waals surface area contributed by atoms with E-state index >= 15 is 4.39 Å². The summed E-state index contributed by atoms with van der Waals surface area (Å²) in [4.78, 5) is 13.8. The summed E-state index contributed by atoms with van der Waals surface area (Å²) in [6.45, 7) is -0.134. The summed E-state index contributed by atoms with van der Waals surface area (Å²) in [5, 5.41) is 8.69. The van der Waals surface area contributed by atoms with E-state index in [1.54, 1.807) is 48.4 Å². The van der Waals surface area contributed by atoms with Crippen LogP contribution in [0.1, 0.15) is 0 Å². The van der Waals surface area contributed by atoms with Crippen LogP contribution in [0.4, 0.5) is 4.39 Å². The van der Waals surface area contributed by atoms with Gasteiger partial charge in [0.2, 0.25) is 0 Å². The Morgan fingerprint density at radius 1 is 1.23 bits per heavy atom. The lowest BCUT2D eigenvalue weighted by Gasteiger charge is -2.13. The molecule has 0 saturated heterocycles. The molecule has 5 rings (SSSR count). The number of aromatic nitrogens is 5. The van der Waals surface area contributed by atoms with Gasteiger partial charge in [-0.25, -0.2) is 19.3 Å². The van der Waals surface area contributed by atoms with Crippen molar-refractivity contribution >= 4 is 44.7 Å². The standard InChI is InChI=1S/C21H15ClFN5O2S/c1-28-9-11-7-14(19(30-10-29-2)16(23)17(11)27-28)20-25-15-4-3-12(22)8-13(15)18(26-20)21-24-5-6-31-21/h3-9H,10H2,1-2H3. The summed E-state index contributed by atoms with van der Waals surface area (Å²) in [6.07, 6.45) is 3.43. The molecule has 3 aromatic heterocycles. The molecular weight excluding hydrogens is 441 g/mol. The van der Waals surface area contributed by atoms with Crippen molar-refractivity contribution in [3.63, 3.8) is 0 Å². The van der Waals surface area contributed by atoms with Gasteiger partial charge < -0.3 is 9.47 Å². The molecule has 0 spiro atoms. The van der Waals surface area contributed by atoms with Gasteiger partial charge in [0.1, 0.15) is 16.2 Å². The Balaban J connectivity index is 1.82. The number of hydrogen-bond donors (Lipinski definition) is 0. The van der Waals surface area contributed by atoms with E-state index in [1.807, 2.05) is 5.38 Å². The average molecular weight is 456 g/mol. The van der Waals surface area contributed by atoms with Gasteiger partial charge in [0.25, 0.3) is 0 Å². The van der Waals surface area contributed by atoms with E-state index in [4.69, 9.17) is 26.1 Å². The van der Waals surface area contributed by atoms with E-state index in [2.05, 4.69) is 15.1 Å². The van der Waals surface area contributed by atoms with Gasteiger partial charge in [0, 0.05) is 47.7 Å². The van der Waals surface area contributed by atoms with Gasteiger partial charge >= 0.3 is 0 Å². The summed E-state index contributed by atoms with van der Waals surface area (Å²) in [5.74, 6) is -0.317. The van der Waals surface area contributed by atoms with Crippen molar-refractivity contribution in [2.24, 2.45) is 7.05 Å². The molecule has 7 nitrogen and oxygen atoms in total. The second-order valence-electron chi connectivity index (χ2n) is 6.75. The summed E-state index contributed by atoms with van der Waals surface area (Å²) >= 11 is 7.66. The summed E-state index contributed by atoms with van der Waals surface area (Å²) < 4.78 is 27.5. The van der Waals surface area contributed by atoms with Crippen molar-refractivity contribution in [1.29, 1.82) is 0 Å². The largest absolute Gasteiger partial charge is 0.464 e. The predicted octanol–water partition coefficient (Wildman–Crippen LogP) is 5.08. The molecule has 0 aliphatic heterocycles. The number of fused-ring (bicyclic) bond motifs is 2. The van der Waals surface area contributed by atoms with Crippen molar-refractivity contribution in [2.75, 3.05) is 13.9 Å². The van der Waals surface area contributed by atoms with Gasteiger partial charge in [-0.15, -0.1) is 11.3 Å². The number of methoxy groups -OCH3 is 1. The molecule has 0 fully saturated rings. The van der Waals surface area contributed by atoms with Crippen molar-refractivity contribution in [2.45, 2.75) is 0 Å². The monoisotopic (exact) mass is 455 g/mol. The summed E-state index contributed by atoms with van der Waals surface area (Å²) in [7, 11) is 3.19. The smallest absolute Gasteiger partial charge is 0.193 e. The van der Waals surface area contributed by atoms with Gasteiger partial charge in [-0.1, -0.05) is 11.6 Å². The summed E-state index contributed by atoms with van der Waals surface area (Å²) in [6, 6.07) is 7.11. The SMILES string of the molecule is COCOc1c(-c2nc(-c3nccs3)c3cc(Cl)ccc3n2)cc2cn(C)nc2c1F. The number of halogens is 2. The first-order chi connectivity index (χ1) is 15.0. The molecule has 0 bridgehead atoms. The van der Waals surface area contributed by atoms with Crippen molar-refractivity contribution in [1.82, 2.24) is 24.7 Å². The molecule has 156 valence electrons. The second kappa shape index (κ2) is 7.84. The Morgan fingerprint density at radius 3 is 2.87 bits per heavy atom. The van der Waals surface area contributed by atoms with Gasteiger partial charge in [-0.2, -0.15) is 5.10 Å². The fraction of sp³-hybridized carbons (Fsp3) is 0.143. The zero-order valence-electron chi connectivity index (χ0n) is 16.5. The van der Waals surface area contributed by atoms with E-state index in [0.29, 0.717) is 38.0 Å². The van der Waals surface area contributed by atoms with Crippen LogP contribution in [0.5, 0.6) is 5.75 Å². The van der Waals surface area contributed by atoms with Gasteiger partial charge in [0.05, 0.1) is 11.1 Å². The van der Waals surface area contributed by atoms with Gasteiger partial charge in [-0.3, -0.25) is 4.68 Å². The topological polar surface area (TPSA) is 75.0 Å². The lowest BCUT2D eigenvalue weighted by molar-refractivity contribution is 0.0489. The van der Waals surface area contributed by atoms with E-state index in [-0.39, 0.29) is 18.1 Å². The zero-order valence-corrected chi connectivity index (χ0v) is 18.0. The lowest BCUT2D eigenvalue weighted by Crippen LogP contribution is -2.05. The van der Waals surface area contributed by atoms with E-state index < -0.39 is 5.82 Å². The molecular formula is C21H15ClFN5O2S. The molecule has 0 N–H and O–H groups in total. The van der Waals surface area contributed by atoms with Gasteiger partial charge in [-0.05, 0) is 24.3 Å². The Labute approximate surface area is 185 Å². The quantitative estimate of drug-likeness (QED) is 0.344. The molecule has 0 atom stereocenters. The van der Waals surface area contributed by atoms with Crippen LogP contribution in [-0.2, 0) is 11.8 Å². The molecule has 0 radical (unpaired) electrons. The van der Waals surface area contributed by atoms with Crippen molar-refractivity contribution in [3.8, 4) is 27.8 Å². The third kappa shape index (κ3) is 3.50. The number of ether oxygens (including phenoxy) is 2. The maximum absolute atomic E-state index is 15.4. The zero-order chi connectivity index (χ0) is 21.5. The van der Waals surface area contributed by atoms with Crippen LogP contribution in [0.15, 0.2) is 42.0 Å². The van der Waals surface area contributed by atoms with Gasteiger partial charge in [0.15, 0.2) is 24.2 Å². The Kier molecular flexibility index (Phi) is 5.01. The molecule has 31 heavy (non-hydrogen) atoms. The fourth-order valence-electron chi connectivity index (χ4n) is 3.38. The normalized spacial score (nSPS) is 11.5.